The maximum absolute atomic E-state index is 13.3. The summed E-state index contributed by atoms with van der Waals surface area (Å²) in [4.78, 5) is 11.6. The lowest BCUT2D eigenvalue weighted by molar-refractivity contribution is 0.0704. The van der Waals surface area contributed by atoms with Crippen LogP contribution in [-0.2, 0) is 7.05 Å². The minimum absolute atomic E-state index is 0.228. The van der Waals surface area contributed by atoms with Crippen molar-refractivity contribution in [2.45, 2.75) is 0 Å². The zero-order valence-electron chi connectivity index (χ0n) is 9.76. The Balaban J connectivity index is 2.45. The van der Waals surface area contributed by atoms with Crippen LogP contribution in [0.5, 0.6) is 5.75 Å². The first-order valence-electron chi connectivity index (χ1n) is 5.06. The van der Waals surface area contributed by atoms with Gasteiger partial charge in [0.15, 0.2) is 0 Å². The first kappa shape index (κ1) is 14.0. The molecule has 0 spiro atoms. The number of ether oxygens (including phenoxy) is 1. The smallest absolute Gasteiger partial charge is 0.362 e. The summed E-state index contributed by atoms with van der Waals surface area (Å²) in [5.74, 6) is -14.1. The summed E-state index contributed by atoms with van der Waals surface area (Å²) >= 11 is 0. The van der Waals surface area contributed by atoms with E-state index < -0.39 is 40.8 Å². The van der Waals surface area contributed by atoms with Crippen molar-refractivity contribution in [3.8, 4) is 5.75 Å². The fourth-order valence-electron chi connectivity index (χ4n) is 1.39. The number of nitrogens with zero attached hydrogens (tertiary/aromatic N) is 2. The quantitative estimate of drug-likeness (QED) is 0.280. The van der Waals surface area contributed by atoms with Gasteiger partial charge in [0, 0.05) is 13.2 Å². The van der Waals surface area contributed by atoms with Gasteiger partial charge in [0.2, 0.25) is 34.8 Å². The van der Waals surface area contributed by atoms with E-state index in [-0.39, 0.29) is 5.69 Å². The van der Waals surface area contributed by atoms with Crippen LogP contribution in [0.2, 0.25) is 0 Å². The fourth-order valence-corrected chi connectivity index (χ4v) is 1.39. The molecule has 0 aliphatic heterocycles. The van der Waals surface area contributed by atoms with E-state index in [1.807, 2.05) is 0 Å². The summed E-state index contributed by atoms with van der Waals surface area (Å²) in [6.45, 7) is 0. The van der Waals surface area contributed by atoms with Gasteiger partial charge < -0.3 is 4.74 Å². The standard InChI is InChI=1S/C11H5F5N2O2/c1-18-4(2-3-17-18)11(19)20-10-8(15)6(13)5(12)7(14)9(10)16/h2-3H,1H3. The predicted molar refractivity (Wildman–Crippen MR) is 54.4 cm³/mol. The van der Waals surface area contributed by atoms with E-state index in [2.05, 4.69) is 9.84 Å². The molecule has 2 aromatic rings. The Bertz CT molecular complexity index is 669. The SMILES string of the molecule is Cn1nccc1C(=O)Oc1c(F)c(F)c(F)c(F)c1F. The minimum Gasteiger partial charge on any atom is -0.415 e. The summed E-state index contributed by atoms with van der Waals surface area (Å²) < 4.78 is 70.4. The van der Waals surface area contributed by atoms with E-state index in [4.69, 9.17) is 0 Å². The number of benzene rings is 1. The number of hydrogen-bond acceptors (Lipinski definition) is 3. The van der Waals surface area contributed by atoms with Crippen molar-refractivity contribution >= 4 is 5.97 Å². The number of hydrogen-bond donors (Lipinski definition) is 0. The van der Waals surface area contributed by atoms with Gasteiger partial charge in [-0.3, -0.25) is 4.68 Å². The maximum atomic E-state index is 13.3. The van der Waals surface area contributed by atoms with Crippen LogP contribution in [0, 0.1) is 29.1 Å². The van der Waals surface area contributed by atoms with E-state index in [0.29, 0.717) is 0 Å². The number of esters is 1. The zero-order valence-corrected chi connectivity index (χ0v) is 9.76. The van der Waals surface area contributed by atoms with Crippen LogP contribution in [0.4, 0.5) is 22.0 Å². The molecule has 1 aromatic carbocycles. The molecule has 0 N–H and O–H groups in total. The number of aryl methyl sites for hydroxylation is 1. The van der Waals surface area contributed by atoms with Crippen LogP contribution in [-0.4, -0.2) is 15.7 Å². The zero-order chi connectivity index (χ0) is 15.0. The number of carbonyl (C=O) groups is 1. The second-order valence-corrected chi connectivity index (χ2v) is 3.63. The number of rotatable bonds is 2. The second-order valence-electron chi connectivity index (χ2n) is 3.63. The Morgan fingerprint density at radius 3 is 2.00 bits per heavy atom. The molecule has 20 heavy (non-hydrogen) atoms. The van der Waals surface area contributed by atoms with Gasteiger partial charge in [-0.15, -0.1) is 0 Å². The average Bonchev–Trinajstić information content (AvgIpc) is 2.85. The van der Waals surface area contributed by atoms with Crippen molar-refractivity contribution in [2.24, 2.45) is 7.05 Å². The lowest BCUT2D eigenvalue weighted by Gasteiger charge is -2.08. The van der Waals surface area contributed by atoms with Gasteiger partial charge in [0.05, 0.1) is 0 Å². The first-order chi connectivity index (χ1) is 9.34. The monoisotopic (exact) mass is 292 g/mol. The molecule has 0 amide bonds. The van der Waals surface area contributed by atoms with Crippen molar-refractivity contribution in [3.63, 3.8) is 0 Å². The highest BCUT2D eigenvalue weighted by molar-refractivity contribution is 5.89. The van der Waals surface area contributed by atoms with Crippen LogP contribution >= 0.6 is 0 Å². The molecule has 4 nitrogen and oxygen atoms in total. The van der Waals surface area contributed by atoms with Crippen LogP contribution in [0.25, 0.3) is 0 Å². The third kappa shape index (κ3) is 2.10. The summed E-state index contributed by atoms with van der Waals surface area (Å²) in [6.07, 6.45) is 1.19. The van der Waals surface area contributed by atoms with Gasteiger partial charge in [-0.2, -0.15) is 13.9 Å². The lowest BCUT2D eigenvalue weighted by Crippen LogP contribution is -2.16. The summed E-state index contributed by atoms with van der Waals surface area (Å²) in [6, 6.07) is 1.15. The highest BCUT2D eigenvalue weighted by Crippen LogP contribution is 2.29. The summed E-state index contributed by atoms with van der Waals surface area (Å²) in [7, 11) is 1.33. The lowest BCUT2D eigenvalue weighted by atomic mass is 10.2. The molecule has 0 aliphatic rings. The number of halogens is 5. The second kappa shape index (κ2) is 4.91. The molecule has 0 atom stereocenters. The van der Waals surface area contributed by atoms with Crippen molar-refractivity contribution in [1.82, 2.24) is 9.78 Å². The van der Waals surface area contributed by atoms with E-state index in [9.17, 15) is 26.7 Å². The first-order valence-corrected chi connectivity index (χ1v) is 5.06. The molecule has 2 rings (SSSR count). The predicted octanol–water partition coefficient (Wildman–Crippen LogP) is 2.33. The molecular formula is C11H5F5N2O2. The highest BCUT2D eigenvalue weighted by Gasteiger charge is 2.29. The Hall–Kier alpha value is -2.45. The largest absolute Gasteiger partial charge is 0.415 e. The third-order valence-electron chi connectivity index (χ3n) is 2.39. The van der Waals surface area contributed by atoms with Crippen LogP contribution in [0.3, 0.4) is 0 Å². The van der Waals surface area contributed by atoms with Gasteiger partial charge in [-0.05, 0) is 6.07 Å². The Morgan fingerprint density at radius 1 is 1.05 bits per heavy atom. The van der Waals surface area contributed by atoms with E-state index in [1.54, 1.807) is 0 Å². The number of aromatic nitrogens is 2. The Morgan fingerprint density at radius 2 is 1.55 bits per heavy atom. The van der Waals surface area contributed by atoms with Crippen LogP contribution < -0.4 is 4.74 Å². The highest BCUT2D eigenvalue weighted by atomic mass is 19.2. The van der Waals surface area contributed by atoms with Crippen LogP contribution in [0.15, 0.2) is 12.3 Å². The minimum atomic E-state index is -2.33. The van der Waals surface area contributed by atoms with E-state index in [0.717, 1.165) is 10.7 Å². The molecule has 106 valence electrons. The molecule has 0 unspecified atom stereocenters. The van der Waals surface area contributed by atoms with Crippen molar-refractivity contribution in [1.29, 1.82) is 0 Å². The Labute approximate surface area is 108 Å². The normalized spacial score (nSPS) is 10.7. The van der Waals surface area contributed by atoms with Crippen LogP contribution in [0.1, 0.15) is 10.5 Å². The summed E-state index contributed by atoms with van der Waals surface area (Å²) in [5.41, 5.74) is -0.228. The fraction of sp³-hybridized carbons (Fsp3) is 0.0909. The van der Waals surface area contributed by atoms with E-state index >= 15 is 0 Å². The van der Waals surface area contributed by atoms with E-state index in [1.165, 1.54) is 13.2 Å². The van der Waals surface area contributed by atoms with Crippen molar-refractivity contribution in [3.05, 3.63) is 47.0 Å². The van der Waals surface area contributed by atoms with Gasteiger partial charge in [-0.25, -0.2) is 18.0 Å². The maximum Gasteiger partial charge on any atom is 0.362 e. The molecule has 0 saturated carbocycles. The van der Waals surface area contributed by atoms with Crippen molar-refractivity contribution < 1.29 is 31.5 Å². The molecule has 0 saturated heterocycles. The molecule has 9 heteroatoms. The molecule has 1 heterocycles. The average molecular weight is 292 g/mol. The summed E-state index contributed by atoms with van der Waals surface area (Å²) in [5, 5.41) is 3.59. The molecular weight excluding hydrogens is 287 g/mol. The Kier molecular flexibility index (Phi) is 3.43. The topological polar surface area (TPSA) is 44.1 Å². The molecule has 0 radical (unpaired) electrons. The molecule has 0 fully saturated rings. The van der Waals surface area contributed by atoms with Crippen molar-refractivity contribution in [2.75, 3.05) is 0 Å². The van der Waals surface area contributed by atoms with Gasteiger partial charge in [0.25, 0.3) is 0 Å². The molecule has 1 aromatic heterocycles. The molecule has 0 bridgehead atoms. The van der Waals surface area contributed by atoms with Gasteiger partial charge >= 0.3 is 5.97 Å². The third-order valence-corrected chi connectivity index (χ3v) is 2.39. The van der Waals surface area contributed by atoms with Gasteiger partial charge in [0.1, 0.15) is 5.69 Å². The number of carbonyl (C=O) groups excluding carboxylic acids is 1. The van der Waals surface area contributed by atoms with Gasteiger partial charge in [-0.1, -0.05) is 0 Å². The molecule has 0 aliphatic carbocycles.